The summed E-state index contributed by atoms with van der Waals surface area (Å²) in [7, 11) is 0. The van der Waals surface area contributed by atoms with Gasteiger partial charge in [-0.25, -0.2) is 0 Å². The van der Waals surface area contributed by atoms with Gasteiger partial charge in [0.2, 0.25) is 6.20 Å². The molecule has 0 aliphatic carbocycles. The summed E-state index contributed by atoms with van der Waals surface area (Å²) in [6.45, 7) is 2.29. The third-order valence-corrected chi connectivity index (χ3v) is 5.21. The molecule has 0 aromatic heterocycles. The Hall–Kier alpha value is -2.41. The Kier molecular flexibility index (Phi) is 6.67. The summed E-state index contributed by atoms with van der Waals surface area (Å²) < 4.78 is 0. The average Bonchev–Trinajstić information content (AvgIpc) is 2.70. The van der Waals surface area contributed by atoms with Crippen molar-refractivity contribution in [1.82, 2.24) is 9.80 Å². The predicted molar refractivity (Wildman–Crippen MR) is 109 cm³/mol. The Morgan fingerprint density at radius 3 is 1.82 bits per heavy atom. The molecule has 1 aliphatic heterocycles. The fraction of sp³-hybridized carbons (Fsp3) is 0.250. The minimum Gasteiger partial charge on any atom is -0.336 e. The highest BCUT2D eigenvalue weighted by atomic mass is 35.5. The highest BCUT2D eigenvalue weighted by Gasteiger charge is 2.27. The van der Waals surface area contributed by atoms with Crippen molar-refractivity contribution >= 4 is 29.1 Å². The Balaban J connectivity index is 1.78. The highest BCUT2D eigenvalue weighted by molar-refractivity contribution is 6.30. The van der Waals surface area contributed by atoms with Crippen LogP contribution >= 0.6 is 23.2 Å². The Bertz CT molecular complexity index is 816. The molecular formula is C20H19Cl2N3O3. The normalized spacial score (nSPS) is 15.3. The summed E-state index contributed by atoms with van der Waals surface area (Å²) in [4.78, 5) is 25.8. The summed E-state index contributed by atoms with van der Waals surface area (Å²) in [5.74, 6) is -0.342. The summed E-state index contributed by atoms with van der Waals surface area (Å²) in [5.41, 5.74) is 2.19. The molecule has 1 aliphatic rings. The predicted octanol–water partition coefficient (Wildman–Crippen LogP) is 4.02. The van der Waals surface area contributed by atoms with Crippen LogP contribution < -0.4 is 0 Å². The maximum Gasteiger partial charge on any atom is 0.252 e. The van der Waals surface area contributed by atoms with Gasteiger partial charge in [0.05, 0.1) is 17.0 Å². The van der Waals surface area contributed by atoms with Crippen molar-refractivity contribution in [3.05, 3.63) is 92.1 Å². The van der Waals surface area contributed by atoms with E-state index in [1.165, 1.54) is 0 Å². The molecule has 1 saturated heterocycles. The average molecular weight is 420 g/mol. The van der Waals surface area contributed by atoms with Gasteiger partial charge in [-0.3, -0.25) is 19.8 Å². The summed E-state index contributed by atoms with van der Waals surface area (Å²) in [5, 5.41) is 11.8. The lowest BCUT2D eigenvalue weighted by molar-refractivity contribution is -0.402. The zero-order valence-corrected chi connectivity index (χ0v) is 16.5. The first-order valence-electron chi connectivity index (χ1n) is 8.79. The van der Waals surface area contributed by atoms with E-state index >= 15 is 0 Å². The first-order chi connectivity index (χ1) is 13.4. The van der Waals surface area contributed by atoms with Crippen molar-refractivity contribution in [1.29, 1.82) is 0 Å². The minimum absolute atomic E-state index is 0.00102. The van der Waals surface area contributed by atoms with E-state index in [2.05, 4.69) is 4.90 Å². The molecule has 0 N–H and O–H groups in total. The third kappa shape index (κ3) is 5.10. The summed E-state index contributed by atoms with van der Waals surface area (Å²) in [6, 6.07) is 15.4. The van der Waals surface area contributed by atoms with E-state index < -0.39 is 4.92 Å². The molecule has 0 radical (unpaired) electrons. The van der Waals surface area contributed by atoms with Crippen LogP contribution in [0.3, 0.4) is 0 Å². The third-order valence-electron chi connectivity index (χ3n) is 4.70. The van der Waals surface area contributed by atoms with E-state index in [1.807, 2.05) is 48.5 Å². The molecule has 146 valence electrons. The Morgan fingerprint density at radius 1 is 0.929 bits per heavy atom. The van der Waals surface area contributed by atoms with Gasteiger partial charge in [-0.2, -0.15) is 0 Å². The number of piperazine rings is 1. The van der Waals surface area contributed by atoms with E-state index in [9.17, 15) is 14.9 Å². The number of carbonyl (C=O) groups excluding carboxylic acids is 1. The van der Waals surface area contributed by atoms with E-state index in [1.54, 1.807) is 4.90 Å². The smallest absolute Gasteiger partial charge is 0.252 e. The quantitative estimate of drug-likeness (QED) is 0.417. The van der Waals surface area contributed by atoms with Gasteiger partial charge in [0.1, 0.15) is 0 Å². The molecule has 2 aromatic rings. The van der Waals surface area contributed by atoms with E-state index in [-0.39, 0.29) is 11.9 Å². The van der Waals surface area contributed by atoms with Crippen molar-refractivity contribution in [3.8, 4) is 0 Å². The van der Waals surface area contributed by atoms with Gasteiger partial charge in [-0.1, -0.05) is 47.5 Å². The standard InChI is InChI=1S/C20H19Cl2N3O3/c21-17-5-1-15(2-6-17)20(16-3-7-18(22)8-4-16)24-13-11-23(12-14-24)19(26)9-10-25(27)28/h1-10,20H,11-14H2/b10-9+. The van der Waals surface area contributed by atoms with Gasteiger partial charge >= 0.3 is 0 Å². The molecule has 1 amide bonds. The van der Waals surface area contributed by atoms with Gasteiger partial charge in [0.15, 0.2) is 0 Å². The number of benzene rings is 2. The largest absolute Gasteiger partial charge is 0.336 e. The fourth-order valence-electron chi connectivity index (χ4n) is 3.33. The molecule has 0 atom stereocenters. The van der Waals surface area contributed by atoms with Crippen LogP contribution in [0.15, 0.2) is 60.8 Å². The molecule has 0 spiro atoms. The van der Waals surface area contributed by atoms with Gasteiger partial charge in [-0.15, -0.1) is 0 Å². The first kappa shape index (κ1) is 20.3. The highest BCUT2D eigenvalue weighted by Crippen LogP contribution is 2.31. The molecule has 0 saturated carbocycles. The number of hydrogen-bond donors (Lipinski definition) is 0. The first-order valence-corrected chi connectivity index (χ1v) is 9.55. The van der Waals surface area contributed by atoms with Crippen molar-refractivity contribution in [3.63, 3.8) is 0 Å². The van der Waals surface area contributed by atoms with Crippen LogP contribution in [0.25, 0.3) is 0 Å². The maximum atomic E-state index is 12.1. The summed E-state index contributed by atoms with van der Waals surface area (Å²) >= 11 is 12.1. The number of amides is 1. The van der Waals surface area contributed by atoms with Crippen molar-refractivity contribution in [2.24, 2.45) is 0 Å². The lowest BCUT2D eigenvalue weighted by atomic mass is 9.96. The number of halogens is 2. The van der Waals surface area contributed by atoms with Gasteiger partial charge in [-0.05, 0) is 35.4 Å². The molecule has 0 bridgehead atoms. The fourth-order valence-corrected chi connectivity index (χ4v) is 3.59. The molecule has 8 heteroatoms. The molecule has 6 nitrogen and oxygen atoms in total. The van der Waals surface area contributed by atoms with Crippen LogP contribution in [0.1, 0.15) is 17.2 Å². The second-order valence-electron chi connectivity index (χ2n) is 6.47. The molecule has 28 heavy (non-hydrogen) atoms. The Morgan fingerprint density at radius 2 is 1.39 bits per heavy atom. The number of rotatable bonds is 5. The van der Waals surface area contributed by atoms with Crippen LogP contribution in [0.4, 0.5) is 0 Å². The lowest BCUT2D eigenvalue weighted by Gasteiger charge is -2.39. The van der Waals surface area contributed by atoms with Gasteiger partial charge < -0.3 is 4.90 Å². The zero-order chi connectivity index (χ0) is 20.1. The van der Waals surface area contributed by atoms with E-state index in [4.69, 9.17) is 23.2 Å². The van der Waals surface area contributed by atoms with Crippen molar-refractivity contribution in [2.45, 2.75) is 6.04 Å². The monoisotopic (exact) mass is 419 g/mol. The second-order valence-corrected chi connectivity index (χ2v) is 7.34. The molecular weight excluding hydrogens is 401 g/mol. The molecule has 0 unspecified atom stereocenters. The van der Waals surface area contributed by atoms with Crippen LogP contribution in [-0.2, 0) is 4.79 Å². The summed E-state index contributed by atoms with van der Waals surface area (Å²) in [6.07, 6.45) is 1.68. The van der Waals surface area contributed by atoms with Crippen molar-refractivity contribution in [2.75, 3.05) is 26.2 Å². The van der Waals surface area contributed by atoms with Crippen LogP contribution in [0.5, 0.6) is 0 Å². The van der Waals surface area contributed by atoms with Crippen LogP contribution in [0.2, 0.25) is 10.0 Å². The topological polar surface area (TPSA) is 66.7 Å². The minimum atomic E-state index is -0.634. The van der Waals surface area contributed by atoms with Gasteiger partial charge in [0, 0.05) is 36.2 Å². The number of nitro groups is 1. The van der Waals surface area contributed by atoms with Crippen LogP contribution in [-0.4, -0.2) is 46.8 Å². The molecule has 2 aromatic carbocycles. The Labute approximate surface area is 173 Å². The van der Waals surface area contributed by atoms with E-state index in [0.29, 0.717) is 42.4 Å². The zero-order valence-electron chi connectivity index (χ0n) is 15.0. The van der Waals surface area contributed by atoms with Gasteiger partial charge in [0.25, 0.3) is 5.91 Å². The lowest BCUT2D eigenvalue weighted by Crippen LogP contribution is -2.49. The van der Waals surface area contributed by atoms with E-state index in [0.717, 1.165) is 17.2 Å². The number of nitrogens with zero attached hydrogens (tertiary/aromatic N) is 3. The second kappa shape index (κ2) is 9.19. The molecule has 1 heterocycles. The molecule has 3 rings (SSSR count). The SMILES string of the molecule is O=C(/C=C/[N+](=O)[O-])N1CCN(C(c2ccc(Cl)cc2)c2ccc(Cl)cc2)CC1. The molecule has 1 fully saturated rings. The maximum absolute atomic E-state index is 12.1. The van der Waals surface area contributed by atoms with Crippen molar-refractivity contribution < 1.29 is 9.72 Å². The number of carbonyl (C=O) groups is 1. The van der Waals surface area contributed by atoms with Crippen LogP contribution in [0, 0.1) is 10.1 Å². The number of hydrogen-bond acceptors (Lipinski definition) is 4.